The van der Waals surface area contributed by atoms with Gasteiger partial charge in [-0.25, -0.2) is 9.07 Å². The molecule has 6 heteroatoms. The Morgan fingerprint density at radius 2 is 2.00 bits per heavy atom. The van der Waals surface area contributed by atoms with Crippen molar-refractivity contribution in [1.82, 2.24) is 19.7 Å². The van der Waals surface area contributed by atoms with Gasteiger partial charge in [0.25, 0.3) is 0 Å². The van der Waals surface area contributed by atoms with E-state index in [0.717, 1.165) is 55.1 Å². The number of nitrogens with zero attached hydrogens (tertiary/aromatic N) is 3. The van der Waals surface area contributed by atoms with Crippen LogP contribution in [-0.4, -0.2) is 39.3 Å². The number of benzene rings is 2. The van der Waals surface area contributed by atoms with Crippen LogP contribution in [0.5, 0.6) is 0 Å². The number of rotatable bonds is 5. The Labute approximate surface area is 180 Å². The molecule has 154 valence electrons. The van der Waals surface area contributed by atoms with Crippen molar-refractivity contribution in [2.75, 3.05) is 19.6 Å². The molecule has 0 unspecified atom stereocenters. The van der Waals surface area contributed by atoms with Gasteiger partial charge in [0.05, 0.1) is 11.9 Å². The van der Waals surface area contributed by atoms with E-state index in [-0.39, 0.29) is 5.82 Å². The van der Waals surface area contributed by atoms with Gasteiger partial charge in [-0.15, -0.1) is 0 Å². The predicted molar refractivity (Wildman–Crippen MR) is 119 cm³/mol. The van der Waals surface area contributed by atoms with Crippen LogP contribution in [0.1, 0.15) is 29.9 Å². The van der Waals surface area contributed by atoms with Gasteiger partial charge in [0.1, 0.15) is 5.82 Å². The molecule has 2 aromatic heterocycles. The second-order valence-corrected chi connectivity index (χ2v) is 8.51. The van der Waals surface area contributed by atoms with Crippen LogP contribution in [0, 0.1) is 5.82 Å². The summed E-state index contributed by atoms with van der Waals surface area (Å²) in [5.41, 5.74) is 4.48. The van der Waals surface area contributed by atoms with Gasteiger partial charge >= 0.3 is 0 Å². The normalized spacial score (nSPS) is 15.8. The zero-order chi connectivity index (χ0) is 20.5. The highest BCUT2D eigenvalue weighted by atomic mass is 35.5. The van der Waals surface area contributed by atoms with E-state index in [2.05, 4.69) is 33.3 Å². The molecule has 1 fully saturated rings. The molecule has 0 amide bonds. The highest BCUT2D eigenvalue weighted by molar-refractivity contribution is 6.31. The van der Waals surface area contributed by atoms with Gasteiger partial charge in [-0.05, 0) is 85.8 Å². The lowest BCUT2D eigenvalue weighted by Gasteiger charge is -2.31. The third-order valence-corrected chi connectivity index (χ3v) is 6.36. The molecule has 3 heterocycles. The van der Waals surface area contributed by atoms with Crippen molar-refractivity contribution in [3.05, 3.63) is 83.0 Å². The van der Waals surface area contributed by atoms with Crippen molar-refractivity contribution in [1.29, 1.82) is 0 Å². The van der Waals surface area contributed by atoms with Gasteiger partial charge < -0.3 is 9.88 Å². The van der Waals surface area contributed by atoms with E-state index in [9.17, 15) is 4.39 Å². The number of hydrogen-bond donors (Lipinski definition) is 1. The van der Waals surface area contributed by atoms with Crippen LogP contribution in [0.15, 0.2) is 61.1 Å². The molecular weight excluding hydrogens is 399 g/mol. The third kappa shape index (κ3) is 4.00. The minimum Gasteiger partial charge on any atom is -0.361 e. The number of H-pyrrole nitrogens is 1. The van der Waals surface area contributed by atoms with Crippen LogP contribution in [0.3, 0.4) is 0 Å². The van der Waals surface area contributed by atoms with Crippen molar-refractivity contribution in [2.45, 2.75) is 25.2 Å². The van der Waals surface area contributed by atoms with E-state index in [1.807, 2.05) is 24.5 Å². The maximum absolute atomic E-state index is 13.4. The molecule has 0 saturated carbocycles. The topological polar surface area (TPSA) is 36.9 Å². The lowest BCUT2D eigenvalue weighted by Crippen LogP contribution is -2.34. The Balaban J connectivity index is 1.17. The monoisotopic (exact) mass is 422 g/mol. The molecule has 4 nitrogen and oxygen atoms in total. The van der Waals surface area contributed by atoms with Crippen molar-refractivity contribution < 1.29 is 4.39 Å². The average molecular weight is 423 g/mol. The summed E-state index contributed by atoms with van der Waals surface area (Å²) >= 11 is 6.21. The molecule has 0 bridgehead atoms. The van der Waals surface area contributed by atoms with Crippen LogP contribution in [0.25, 0.3) is 16.6 Å². The number of nitrogens with one attached hydrogen (secondary N) is 1. The van der Waals surface area contributed by atoms with E-state index < -0.39 is 0 Å². The van der Waals surface area contributed by atoms with Crippen LogP contribution < -0.4 is 0 Å². The van der Waals surface area contributed by atoms with Crippen LogP contribution in [-0.2, 0) is 6.42 Å². The van der Waals surface area contributed by atoms with Gasteiger partial charge in [0, 0.05) is 34.9 Å². The van der Waals surface area contributed by atoms with Crippen molar-refractivity contribution in [2.24, 2.45) is 0 Å². The molecule has 30 heavy (non-hydrogen) atoms. The number of aromatic nitrogens is 3. The minimum atomic E-state index is -0.245. The fraction of sp³-hybridized carbons (Fsp3) is 0.292. The molecule has 1 saturated heterocycles. The summed E-state index contributed by atoms with van der Waals surface area (Å²) in [5.74, 6) is 0.328. The first-order valence-corrected chi connectivity index (χ1v) is 10.8. The molecule has 4 aromatic rings. The molecule has 0 radical (unpaired) electrons. The number of hydrogen-bond acceptors (Lipinski definition) is 2. The molecule has 0 aliphatic carbocycles. The standard InChI is InChI=1S/C24H24ClFN4/c25-19-4-5-24-22(12-19)23(15-27-24)18-7-10-29(11-8-18)9-6-17-14-28-30(16-17)21-3-1-2-20(26)13-21/h1-5,12-16,18,27H,6-11H2. The van der Waals surface area contributed by atoms with Gasteiger partial charge in [-0.1, -0.05) is 17.7 Å². The quantitative estimate of drug-likeness (QED) is 0.456. The molecule has 0 atom stereocenters. The fourth-order valence-corrected chi connectivity index (χ4v) is 4.63. The third-order valence-electron chi connectivity index (χ3n) is 6.13. The first-order valence-electron chi connectivity index (χ1n) is 10.4. The lowest BCUT2D eigenvalue weighted by atomic mass is 9.89. The van der Waals surface area contributed by atoms with Gasteiger partial charge in [0.2, 0.25) is 0 Å². The first-order chi connectivity index (χ1) is 14.7. The number of fused-ring (bicyclic) bond motifs is 1. The van der Waals surface area contributed by atoms with Gasteiger partial charge in [-0.2, -0.15) is 5.10 Å². The summed E-state index contributed by atoms with van der Waals surface area (Å²) in [5, 5.41) is 6.44. The number of piperidine rings is 1. The number of likely N-dealkylation sites (tertiary alicyclic amines) is 1. The molecular formula is C24H24ClFN4. The summed E-state index contributed by atoms with van der Waals surface area (Å²) in [6, 6.07) is 12.6. The summed E-state index contributed by atoms with van der Waals surface area (Å²) in [6.45, 7) is 3.20. The van der Waals surface area contributed by atoms with Crippen molar-refractivity contribution in [3.63, 3.8) is 0 Å². The number of halogens is 2. The summed E-state index contributed by atoms with van der Waals surface area (Å²) in [7, 11) is 0. The highest BCUT2D eigenvalue weighted by Crippen LogP contribution is 2.34. The largest absolute Gasteiger partial charge is 0.361 e. The predicted octanol–water partition coefficient (Wildman–Crippen LogP) is 5.57. The van der Waals surface area contributed by atoms with E-state index in [0.29, 0.717) is 5.92 Å². The Hall–Kier alpha value is -2.63. The van der Waals surface area contributed by atoms with Crippen molar-refractivity contribution >= 4 is 22.5 Å². The van der Waals surface area contributed by atoms with Gasteiger partial charge in [-0.3, -0.25) is 0 Å². The zero-order valence-electron chi connectivity index (χ0n) is 16.7. The maximum atomic E-state index is 13.4. The molecule has 2 aromatic carbocycles. The highest BCUT2D eigenvalue weighted by Gasteiger charge is 2.22. The Bertz CT molecular complexity index is 1160. The SMILES string of the molecule is Fc1cccc(-n2cc(CCN3CCC(c4c[nH]c5ccc(Cl)cc45)CC3)cn2)c1. The van der Waals surface area contributed by atoms with E-state index in [4.69, 9.17) is 11.6 Å². The van der Waals surface area contributed by atoms with Crippen LogP contribution >= 0.6 is 11.6 Å². The minimum absolute atomic E-state index is 0.245. The maximum Gasteiger partial charge on any atom is 0.125 e. The second kappa shape index (κ2) is 8.25. The van der Waals surface area contributed by atoms with Gasteiger partial charge in [0.15, 0.2) is 0 Å². The average Bonchev–Trinajstić information content (AvgIpc) is 3.40. The summed E-state index contributed by atoms with van der Waals surface area (Å²) in [6.07, 6.45) is 9.29. The first kappa shape index (κ1) is 19.3. The van der Waals surface area contributed by atoms with Crippen molar-refractivity contribution in [3.8, 4) is 5.69 Å². The van der Waals surface area contributed by atoms with Crippen LogP contribution in [0.2, 0.25) is 5.02 Å². The Morgan fingerprint density at radius 1 is 1.13 bits per heavy atom. The summed E-state index contributed by atoms with van der Waals surface area (Å²) < 4.78 is 15.2. The molecule has 1 aliphatic rings. The Kier molecular flexibility index (Phi) is 5.32. The van der Waals surface area contributed by atoms with E-state index in [1.54, 1.807) is 10.7 Å². The molecule has 5 rings (SSSR count). The Morgan fingerprint density at radius 3 is 2.83 bits per heavy atom. The fourth-order valence-electron chi connectivity index (χ4n) is 4.46. The number of aromatic amines is 1. The van der Waals surface area contributed by atoms with Crippen LogP contribution in [0.4, 0.5) is 4.39 Å². The van der Waals surface area contributed by atoms with E-state index >= 15 is 0 Å². The second-order valence-electron chi connectivity index (χ2n) is 8.07. The molecule has 1 N–H and O–H groups in total. The van der Waals surface area contributed by atoms with E-state index in [1.165, 1.54) is 28.6 Å². The lowest BCUT2D eigenvalue weighted by molar-refractivity contribution is 0.215. The molecule has 1 aliphatic heterocycles. The smallest absolute Gasteiger partial charge is 0.125 e. The molecule has 0 spiro atoms. The zero-order valence-corrected chi connectivity index (χ0v) is 17.4. The summed E-state index contributed by atoms with van der Waals surface area (Å²) in [4.78, 5) is 5.91.